The first-order chi connectivity index (χ1) is 12.0. The fourth-order valence-corrected chi connectivity index (χ4v) is 2.79. The minimum absolute atomic E-state index is 0.105. The van der Waals surface area contributed by atoms with Crippen LogP contribution in [0.25, 0.3) is 0 Å². The number of esters is 1. The van der Waals surface area contributed by atoms with Gasteiger partial charge in [-0.3, -0.25) is 14.5 Å². The molecule has 0 spiro atoms. The number of ether oxygens (including phenoxy) is 1. The van der Waals surface area contributed by atoms with E-state index in [1.54, 1.807) is 4.90 Å². The molecule has 0 aromatic carbocycles. The van der Waals surface area contributed by atoms with Gasteiger partial charge in [0.2, 0.25) is 0 Å². The molecule has 0 bridgehead atoms. The van der Waals surface area contributed by atoms with Crippen molar-refractivity contribution in [1.29, 1.82) is 0 Å². The van der Waals surface area contributed by atoms with Crippen LogP contribution in [0, 0.1) is 11.8 Å². The minimum Gasteiger partial charge on any atom is -0.452 e. The molecule has 1 saturated heterocycles. The van der Waals surface area contributed by atoms with Gasteiger partial charge < -0.3 is 9.64 Å². The van der Waals surface area contributed by atoms with Crippen LogP contribution in [0.3, 0.4) is 0 Å². The minimum atomic E-state index is -0.604. The molecule has 0 radical (unpaired) electrons. The number of hydrogen-bond donors (Lipinski definition) is 0. The first-order valence-corrected chi connectivity index (χ1v) is 9.63. The number of amides is 1. The van der Waals surface area contributed by atoms with Crippen LogP contribution in [0.5, 0.6) is 0 Å². The Balaban J connectivity index is 2.16. The van der Waals surface area contributed by atoms with Gasteiger partial charge in [-0.2, -0.15) is 0 Å². The Morgan fingerprint density at radius 1 is 1.16 bits per heavy atom. The predicted molar refractivity (Wildman–Crippen MR) is 100 cm³/mol. The lowest BCUT2D eigenvalue weighted by Crippen LogP contribution is -2.32. The maximum atomic E-state index is 12.2. The van der Waals surface area contributed by atoms with E-state index in [9.17, 15) is 9.59 Å². The highest BCUT2D eigenvalue weighted by Crippen LogP contribution is 2.16. The van der Waals surface area contributed by atoms with E-state index in [2.05, 4.69) is 18.8 Å². The van der Waals surface area contributed by atoms with E-state index in [1.165, 1.54) is 32.1 Å². The summed E-state index contributed by atoms with van der Waals surface area (Å²) < 4.78 is 5.36. The van der Waals surface area contributed by atoms with Gasteiger partial charge in [-0.15, -0.1) is 0 Å². The monoisotopic (exact) mass is 350 g/mol. The molecule has 5 heteroatoms. The van der Waals surface area contributed by atoms with Gasteiger partial charge in [0.15, 0.2) is 6.10 Å². The van der Waals surface area contributed by atoms with E-state index in [4.69, 9.17) is 4.74 Å². The summed E-state index contributed by atoms with van der Waals surface area (Å²) >= 11 is 0. The van der Waals surface area contributed by atoms with Crippen molar-refractivity contribution in [3.63, 3.8) is 0 Å². The molecule has 1 heterocycles. The summed E-state index contributed by atoms with van der Waals surface area (Å²) in [7, 11) is 3.91. The van der Waals surface area contributed by atoms with Crippen LogP contribution in [-0.4, -0.2) is 61.5 Å². The molecule has 0 N–H and O–H groups in total. The molecule has 0 aromatic heterocycles. The third-order valence-corrected chi connectivity index (χ3v) is 4.30. The van der Waals surface area contributed by atoms with Gasteiger partial charge in [0.25, 0.3) is 5.91 Å². The summed E-state index contributed by atoms with van der Waals surface area (Å²) in [5, 5.41) is 0. The summed E-state index contributed by atoms with van der Waals surface area (Å²) in [6.45, 7) is 3.92. The first kappa shape index (κ1) is 21.5. The van der Waals surface area contributed by atoms with Crippen LogP contribution in [0.1, 0.15) is 64.7 Å². The molecule has 1 aliphatic heterocycles. The lowest BCUT2D eigenvalue weighted by atomic mass is 10.1. The van der Waals surface area contributed by atoms with Crippen LogP contribution in [-0.2, 0) is 14.3 Å². The first-order valence-electron chi connectivity index (χ1n) is 9.63. The highest BCUT2D eigenvalue weighted by molar-refractivity contribution is 5.85. The topological polar surface area (TPSA) is 49.9 Å². The van der Waals surface area contributed by atoms with E-state index in [0.717, 1.165) is 12.8 Å². The average Bonchev–Trinajstić information content (AvgIpc) is 2.91. The lowest BCUT2D eigenvalue weighted by Gasteiger charge is -2.13. The highest BCUT2D eigenvalue weighted by Gasteiger charge is 2.33. The number of carbonyl (C=O) groups is 2. The Labute approximate surface area is 153 Å². The SMILES string of the molecule is CCCCCCCCCC(=O)OC1CCN(CC#CCN(C)C)C1=O. The molecule has 5 nitrogen and oxygen atoms in total. The molecule has 0 aromatic rings. The number of nitrogens with zero attached hydrogens (tertiary/aromatic N) is 2. The second-order valence-electron chi connectivity index (χ2n) is 6.99. The fourth-order valence-electron chi connectivity index (χ4n) is 2.79. The van der Waals surface area contributed by atoms with Crippen molar-refractivity contribution in [2.45, 2.75) is 70.8 Å². The van der Waals surface area contributed by atoms with Crippen molar-refractivity contribution in [2.75, 3.05) is 33.7 Å². The maximum absolute atomic E-state index is 12.2. The highest BCUT2D eigenvalue weighted by atomic mass is 16.5. The van der Waals surface area contributed by atoms with Gasteiger partial charge in [-0.05, 0) is 20.5 Å². The average molecular weight is 351 g/mol. The smallest absolute Gasteiger partial charge is 0.306 e. The largest absolute Gasteiger partial charge is 0.452 e. The lowest BCUT2D eigenvalue weighted by molar-refractivity contribution is -0.156. The summed E-state index contributed by atoms with van der Waals surface area (Å²) in [5.41, 5.74) is 0. The summed E-state index contributed by atoms with van der Waals surface area (Å²) in [6.07, 6.45) is 8.55. The number of unbranched alkanes of at least 4 members (excludes halogenated alkanes) is 6. The van der Waals surface area contributed by atoms with Crippen LogP contribution in [0.15, 0.2) is 0 Å². The zero-order valence-corrected chi connectivity index (χ0v) is 16.2. The van der Waals surface area contributed by atoms with Crippen molar-refractivity contribution in [1.82, 2.24) is 9.80 Å². The van der Waals surface area contributed by atoms with Gasteiger partial charge in [0.05, 0.1) is 13.1 Å². The van der Waals surface area contributed by atoms with Gasteiger partial charge in [-0.25, -0.2) is 0 Å². The Hall–Kier alpha value is -1.54. The maximum Gasteiger partial charge on any atom is 0.306 e. The standard InChI is InChI=1S/C20H34N2O3/c1-4-5-6-7-8-9-10-13-19(23)25-18-14-17-22(20(18)24)16-12-11-15-21(2)3/h18H,4-10,13-17H2,1-3H3. The second-order valence-corrected chi connectivity index (χ2v) is 6.99. The molecule has 142 valence electrons. The molecule has 0 saturated carbocycles. The predicted octanol–water partition coefficient (Wildman–Crippen LogP) is 2.84. The van der Waals surface area contributed by atoms with Crippen molar-refractivity contribution in [3.05, 3.63) is 0 Å². The Bertz CT molecular complexity index is 465. The molecule has 1 atom stereocenters. The van der Waals surface area contributed by atoms with E-state index < -0.39 is 6.10 Å². The molecule has 25 heavy (non-hydrogen) atoms. The van der Waals surface area contributed by atoms with E-state index in [1.807, 2.05) is 19.0 Å². The molecule has 1 fully saturated rings. The van der Waals surface area contributed by atoms with Gasteiger partial charge in [0, 0.05) is 19.4 Å². The molecule has 1 amide bonds. The molecule has 1 unspecified atom stereocenters. The molecule has 0 aliphatic carbocycles. The van der Waals surface area contributed by atoms with Gasteiger partial charge in [-0.1, -0.05) is 57.3 Å². The van der Waals surface area contributed by atoms with Gasteiger partial charge >= 0.3 is 5.97 Å². The summed E-state index contributed by atoms with van der Waals surface area (Å²) in [5.74, 6) is 5.67. The third kappa shape index (κ3) is 9.50. The molecule has 1 rings (SSSR count). The number of rotatable bonds is 11. The van der Waals surface area contributed by atoms with Gasteiger partial charge in [0.1, 0.15) is 0 Å². The van der Waals surface area contributed by atoms with E-state index in [-0.39, 0.29) is 11.9 Å². The normalized spacial score (nSPS) is 16.9. The Morgan fingerprint density at radius 2 is 1.84 bits per heavy atom. The summed E-state index contributed by atoms with van der Waals surface area (Å²) in [4.78, 5) is 27.8. The van der Waals surface area contributed by atoms with Crippen molar-refractivity contribution in [2.24, 2.45) is 0 Å². The van der Waals surface area contributed by atoms with Crippen LogP contribution in [0.2, 0.25) is 0 Å². The fraction of sp³-hybridized carbons (Fsp3) is 0.800. The van der Waals surface area contributed by atoms with Crippen molar-refractivity contribution >= 4 is 11.9 Å². The second kappa shape index (κ2) is 12.8. The number of likely N-dealkylation sites (tertiary alicyclic amines) is 1. The Morgan fingerprint density at radius 3 is 2.52 bits per heavy atom. The third-order valence-electron chi connectivity index (χ3n) is 4.30. The van der Waals surface area contributed by atoms with Crippen molar-refractivity contribution < 1.29 is 14.3 Å². The van der Waals surface area contributed by atoms with Crippen molar-refractivity contribution in [3.8, 4) is 11.8 Å². The quantitative estimate of drug-likeness (QED) is 0.327. The molecule has 1 aliphatic rings. The summed E-state index contributed by atoms with van der Waals surface area (Å²) in [6, 6.07) is 0. The number of hydrogen-bond acceptors (Lipinski definition) is 4. The van der Waals surface area contributed by atoms with Crippen LogP contribution in [0.4, 0.5) is 0 Å². The van der Waals surface area contributed by atoms with Crippen LogP contribution < -0.4 is 0 Å². The zero-order valence-electron chi connectivity index (χ0n) is 16.2. The number of carbonyl (C=O) groups excluding carboxylic acids is 2. The van der Waals surface area contributed by atoms with E-state index >= 15 is 0 Å². The van der Waals surface area contributed by atoms with E-state index in [0.29, 0.717) is 32.5 Å². The Kier molecular flexibility index (Phi) is 11.0. The zero-order chi connectivity index (χ0) is 18.5. The molecular formula is C20H34N2O3. The molecular weight excluding hydrogens is 316 g/mol. The van der Waals surface area contributed by atoms with Crippen LogP contribution >= 0.6 is 0 Å².